The van der Waals surface area contributed by atoms with Crippen LogP contribution in [-0.4, -0.2) is 18.5 Å². The highest BCUT2D eigenvalue weighted by Gasteiger charge is 2.17. The minimum Gasteiger partial charge on any atom is -0.356 e. The summed E-state index contributed by atoms with van der Waals surface area (Å²) in [5.41, 5.74) is 5.49. The van der Waals surface area contributed by atoms with Crippen molar-refractivity contribution >= 4 is 34.1 Å². The third-order valence-electron chi connectivity index (χ3n) is 6.80. The molecule has 34 heavy (non-hydrogen) atoms. The summed E-state index contributed by atoms with van der Waals surface area (Å²) in [6, 6.07) is 15.8. The van der Waals surface area contributed by atoms with Gasteiger partial charge in [-0.05, 0) is 79.1 Å². The molecule has 1 aliphatic carbocycles. The monoisotopic (exact) mass is 457 g/mol. The van der Waals surface area contributed by atoms with Gasteiger partial charge in [0.25, 0.3) is 0 Å². The first-order valence-electron chi connectivity index (χ1n) is 12.3. The zero-order chi connectivity index (χ0) is 24.1. The molecule has 0 unspecified atom stereocenters. The number of rotatable bonds is 6. The number of fused-ring (bicyclic) bond motifs is 1. The van der Waals surface area contributed by atoms with Crippen molar-refractivity contribution in [3.8, 4) is 0 Å². The molecule has 3 aromatic carbocycles. The third-order valence-corrected chi connectivity index (χ3v) is 6.80. The van der Waals surface area contributed by atoms with Gasteiger partial charge in [-0.1, -0.05) is 61.2 Å². The molecule has 1 saturated carbocycles. The number of carbonyl (C=O) groups is 2. The van der Waals surface area contributed by atoms with Gasteiger partial charge in [0.15, 0.2) is 0 Å². The molecule has 5 heteroatoms. The van der Waals surface area contributed by atoms with Crippen molar-refractivity contribution in [3.05, 3.63) is 70.8 Å². The van der Waals surface area contributed by atoms with Crippen LogP contribution in [0.5, 0.6) is 0 Å². The number of benzene rings is 3. The van der Waals surface area contributed by atoms with Crippen LogP contribution >= 0.6 is 0 Å². The first kappa shape index (κ1) is 23.8. The molecule has 0 aliphatic heterocycles. The Hall–Kier alpha value is -3.34. The van der Waals surface area contributed by atoms with Gasteiger partial charge in [0, 0.05) is 17.9 Å². The Labute approximate surface area is 202 Å². The summed E-state index contributed by atoms with van der Waals surface area (Å²) in [6.07, 6.45) is 6.45. The molecule has 1 aliphatic rings. The van der Waals surface area contributed by atoms with Crippen molar-refractivity contribution < 1.29 is 9.59 Å². The largest absolute Gasteiger partial charge is 0.356 e. The van der Waals surface area contributed by atoms with Gasteiger partial charge in [0.1, 0.15) is 0 Å². The second-order valence-electron chi connectivity index (χ2n) is 9.69. The Morgan fingerprint density at radius 1 is 0.853 bits per heavy atom. The number of nitrogens with one attached hydrogen (secondary N) is 3. The van der Waals surface area contributed by atoms with Crippen molar-refractivity contribution in [1.29, 1.82) is 0 Å². The molecule has 178 valence electrons. The topological polar surface area (TPSA) is 70.2 Å². The van der Waals surface area contributed by atoms with Crippen LogP contribution < -0.4 is 16.0 Å². The zero-order valence-electron chi connectivity index (χ0n) is 20.5. The molecule has 4 rings (SSSR count). The van der Waals surface area contributed by atoms with E-state index in [-0.39, 0.29) is 18.4 Å². The standard InChI is InChI=1S/C29H35N3O2/c1-19-13-20(2)28(21(3)14-19)32-29(34)31-26-16-24-12-8-7-11-23(24)15-25(26)17-27(33)30-18-22-9-5-4-6-10-22/h7-8,11-16,22H,4-6,9-10,17-18H2,1-3H3,(H,30,33)(H2,31,32,34). The second kappa shape index (κ2) is 10.7. The van der Waals surface area contributed by atoms with Crippen molar-refractivity contribution in [3.63, 3.8) is 0 Å². The van der Waals surface area contributed by atoms with E-state index in [9.17, 15) is 9.59 Å². The van der Waals surface area contributed by atoms with E-state index in [0.717, 1.165) is 45.3 Å². The Morgan fingerprint density at radius 3 is 2.18 bits per heavy atom. The maximum Gasteiger partial charge on any atom is 0.323 e. The average Bonchev–Trinajstić information content (AvgIpc) is 2.81. The predicted octanol–water partition coefficient (Wildman–Crippen LogP) is 6.65. The Bertz CT molecular complexity index is 1170. The van der Waals surface area contributed by atoms with Crippen molar-refractivity contribution in [2.45, 2.75) is 59.3 Å². The van der Waals surface area contributed by atoms with Crippen molar-refractivity contribution in [2.75, 3.05) is 17.2 Å². The van der Waals surface area contributed by atoms with Gasteiger partial charge in [-0.25, -0.2) is 4.79 Å². The molecular formula is C29H35N3O2. The van der Waals surface area contributed by atoms with Gasteiger partial charge >= 0.3 is 6.03 Å². The predicted molar refractivity (Wildman–Crippen MR) is 141 cm³/mol. The van der Waals surface area contributed by atoms with Crippen LogP contribution in [0.25, 0.3) is 10.8 Å². The molecular weight excluding hydrogens is 422 g/mol. The van der Waals surface area contributed by atoms with Crippen LogP contribution in [0, 0.1) is 26.7 Å². The molecule has 0 radical (unpaired) electrons. The van der Waals surface area contributed by atoms with E-state index >= 15 is 0 Å². The minimum atomic E-state index is -0.311. The molecule has 0 bridgehead atoms. The van der Waals surface area contributed by atoms with Gasteiger partial charge in [-0.2, -0.15) is 0 Å². The van der Waals surface area contributed by atoms with Crippen LogP contribution in [-0.2, 0) is 11.2 Å². The molecule has 3 N–H and O–H groups in total. The molecule has 0 aromatic heterocycles. The average molecular weight is 458 g/mol. The van der Waals surface area contributed by atoms with Gasteiger partial charge in [-0.3, -0.25) is 4.79 Å². The minimum absolute atomic E-state index is 0.00506. The molecule has 0 spiro atoms. The first-order valence-corrected chi connectivity index (χ1v) is 12.3. The number of carbonyl (C=O) groups excluding carboxylic acids is 2. The molecule has 1 fully saturated rings. The van der Waals surface area contributed by atoms with E-state index in [0.29, 0.717) is 11.6 Å². The maximum absolute atomic E-state index is 13.0. The van der Waals surface area contributed by atoms with Crippen LogP contribution in [0.3, 0.4) is 0 Å². The first-order chi connectivity index (χ1) is 16.4. The number of amides is 3. The summed E-state index contributed by atoms with van der Waals surface area (Å²) in [4.78, 5) is 25.8. The van der Waals surface area contributed by atoms with Crippen LogP contribution in [0.15, 0.2) is 48.5 Å². The van der Waals surface area contributed by atoms with Gasteiger partial charge in [0.05, 0.1) is 6.42 Å². The number of hydrogen-bond donors (Lipinski definition) is 3. The number of aryl methyl sites for hydroxylation is 3. The molecule has 0 heterocycles. The van der Waals surface area contributed by atoms with Gasteiger partial charge in [-0.15, -0.1) is 0 Å². The lowest BCUT2D eigenvalue weighted by Crippen LogP contribution is -2.31. The highest BCUT2D eigenvalue weighted by molar-refractivity contribution is 6.03. The van der Waals surface area contributed by atoms with Crippen molar-refractivity contribution in [1.82, 2.24) is 5.32 Å². The fraction of sp³-hybridized carbons (Fsp3) is 0.379. The molecule has 0 saturated heterocycles. The quantitative estimate of drug-likeness (QED) is 0.388. The SMILES string of the molecule is Cc1cc(C)c(NC(=O)Nc2cc3ccccc3cc2CC(=O)NCC2CCCCC2)c(C)c1. The fourth-order valence-corrected chi connectivity index (χ4v) is 5.08. The zero-order valence-corrected chi connectivity index (χ0v) is 20.5. The van der Waals surface area contributed by atoms with E-state index < -0.39 is 0 Å². The van der Waals surface area contributed by atoms with E-state index in [1.54, 1.807) is 0 Å². The van der Waals surface area contributed by atoms with E-state index in [4.69, 9.17) is 0 Å². The lowest BCUT2D eigenvalue weighted by Gasteiger charge is -2.22. The Morgan fingerprint density at radius 2 is 1.50 bits per heavy atom. The summed E-state index contributed by atoms with van der Waals surface area (Å²) in [6.45, 7) is 6.77. The number of urea groups is 1. The summed E-state index contributed by atoms with van der Waals surface area (Å²) in [5, 5.41) is 11.2. The molecule has 0 atom stereocenters. The Balaban J connectivity index is 1.50. The smallest absolute Gasteiger partial charge is 0.323 e. The van der Waals surface area contributed by atoms with E-state index in [1.165, 1.54) is 32.1 Å². The number of anilines is 2. The van der Waals surface area contributed by atoms with Crippen molar-refractivity contribution in [2.24, 2.45) is 5.92 Å². The lowest BCUT2D eigenvalue weighted by molar-refractivity contribution is -0.120. The van der Waals surface area contributed by atoms with E-state index in [2.05, 4.69) is 28.1 Å². The van der Waals surface area contributed by atoms with E-state index in [1.807, 2.05) is 57.2 Å². The molecule has 5 nitrogen and oxygen atoms in total. The maximum atomic E-state index is 13.0. The third kappa shape index (κ3) is 5.96. The second-order valence-corrected chi connectivity index (χ2v) is 9.69. The molecule has 3 amide bonds. The summed E-state index contributed by atoms with van der Waals surface area (Å²) in [7, 11) is 0. The lowest BCUT2D eigenvalue weighted by atomic mass is 9.89. The van der Waals surface area contributed by atoms with Gasteiger partial charge < -0.3 is 16.0 Å². The molecule has 3 aromatic rings. The van der Waals surface area contributed by atoms with Crippen LogP contribution in [0.4, 0.5) is 16.2 Å². The number of hydrogen-bond acceptors (Lipinski definition) is 2. The highest BCUT2D eigenvalue weighted by atomic mass is 16.2. The summed E-state index contributed by atoms with van der Waals surface area (Å²) >= 11 is 0. The van der Waals surface area contributed by atoms with Crippen LogP contribution in [0.2, 0.25) is 0 Å². The fourth-order valence-electron chi connectivity index (χ4n) is 5.08. The normalized spacial score (nSPS) is 14.1. The summed E-state index contributed by atoms with van der Waals surface area (Å²) < 4.78 is 0. The van der Waals surface area contributed by atoms with Gasteiger partial charge in [0.2, 0.25) is 5.91 Å². The highest BCUT2D eigenvalue weighted by Crippen LogP contribution is 2.27. The Kier molecular flexibility index (Phi) is 7.51. The summed E-state index contributed by atoms with van der Waals surface area (Å²) in [5.74, 6) is 0.577. The van der Waals surface area contributed by atoms with Crippen LogP contribution in [0.1, 0.15) is 54.4 Å².